The number of nitrogens with two attached hydrogens (primary N) is 1. The van der Waals surface area contributed by atoms with Gasteiger partial charge >= 0.3 is 0 Å². The summed E-state index contributed by atoms with van der Waals surface area (Å²) in [7, 11) is 1.62. The number of methoxy groups -OCH3 is 1. The van der Waals surface area contributed by atoms with Crippen LogP contribution in [0.3, 0.4) is 0 Å². The van der Waals surface area contributed by atoms with E-state index in [0.29, 0.717) is 12.5 Å². The van der Waals surface area contributed by atoms with Crippen molar-refractivity contribution in [1.82, 2.24) is 0 Å². The Kier molecular flexibility index (Phi) is 3.79. The summed E-state index contributed by atoms with van der Waals surface area (Å²) in [5.74, 6) is 1.15. The lowest BCUT2D eigenvalue weighted by Crippen LogP contribution is -2.22. The molecule has 14 heavy (non-hydrogen) atoms. The minimum absolute atomic E-state index is 0.400. The van der Waals surface area contributed by atoms with Crippen molar-refractivity contribution in [2.75, 3.05) is 19.0 Å². The Hall–Kier alpha value is -1.71. The summed E-state index contributed by atoms with van der Waals surface area (Å²) in [6.07, 6.45) is 0. The van der Waals surface area contributed by atoms with Gasteiger partial charge in [0.15, 0.2) is 5.96 Å². The van der Waals surface area contributed by atoms with Crippen molar-refractivity contribution in [2.24, 2.45) is 10.7 Å². The number of hydrogen-bond donors (Lipinski definition) is 2. The molecule has 0 aliphatic heterocycles. The summed E-state index contributed by atoms with van der Waals surface area (Å²) >= 11 is 0. The van der Waals surface area contributed by atoms with Gasteiger partial charge in [-0.1, -0.05) is 12.1 Å². The summed E-state index contributed by atoms with van der Waals surface area (Å²) in [5, 5.41) is 2.97. The number of anilines is 1. The van der Waals surface area contributed by atoms with Crippen molar-refractivity contribution in [1.29, 1.82) is 0 Å². The van der Waals surface area contributed by atoms with E-state index < -0.39 is 0 Å². The van der Waals surface area contributed by atoms with Crippen LogP contribution in [0.2, 0.25) is 0 Å². The van der Waals surface area contributed by atoms with Crippen LogP contribution in [-0.4, -0.2) is 19.6 Å². The van der Waals surface area contributed by atoms with E-state index in [0.717, 1.165) is 11.4 Å². The second-order valence-corrected chi connectivity index (χ2v) is 2.68. The number of nitrogens with zero attached hydrogens (tertiary/aromatic N) is 1. The Balaban J connectivity index is 2.80. The molecule has 1 aromatic rings. The van der Waals surface area contributed by atoms with Crippen LogP contribution in [0.15, 0.2) is 29.3 Å². The van der Waals surface area contributed by atoms with Crippen LogP contribution >= 0.6 is 0 Å². The predicted octanol–water partition coefficient (Wildman–Crippen LogP) is 1.44. The minimum atomic E-state index is 0.400. The van der Waals surface area contributed by atoms with Gasteiger partial charge in [-0.15, -0.1) is 0 Å². The largest absolute Gasteiger partial charge is 0.495 e. The van der Waals surface area contributed by atoms with Crippen molar-refractivity contribution in [2.45, 2.75) is 6.92 Å². The molecule has 0 amide bonds. The van der Waals surface area contributed by atoms with E-state index in [-0.39, 0.29) is 0 Å². The van der Waals surface area contributed by atoms with Crippen LogP contribution in [0.1, 0.15) is 6.92 Å². The van der Waals surface area contributed by atoms with E-state index in [2.05, 4.69) is 10.3 Å². The van der Waals surface area contributed by atoms with Crippen molar-refractivity contribution in [3.63, 3.8) is 0 Å². The fourth-order valence-electron chi connectivity index (χ4n) is 1.10. The van der Waals surface area contributed by atoms with Gasteiger partial charge in [-0.25, -0.2) is 0 Å². The zero-order chi connectivity index (χ0) is 10.4. The number of rotatable bonds is 3. The van der Waals surface area contributed by atoms with E-state index in [1.807, 2.05) is 31.2 Å². The third-order valence-corrected chi connectivity index (χ3v) is 1.70. The number of aliphatic imine (C=N–C) groups is 1. The number of nitrogens with one attached hydrogen (secondary N) is 1. The third-order valence-electron chi connectivity index (χ3n) is 1.70. The van der Waals surface area contributed by atoms with E-state index in [9.17, 15) is 0 Å². The van der Waals surface area contributed by atoms with Crippen LogP contribution < -0.4 is 15.8 Å². The molecule has 0 aliphatic carbocycles. The second-order valence-electron chi connectivity index (χ2n) is 2.68. The quantitative estimate of drug-likeness (QED) is 0.564. The lowest BCUT2D eigenvalue weighted by atomic mass is 10.3. The van der Waals surface area contributed by atoms with Crippen molar-refractivity contribution in [3.05, 3.63) is 24.3 Å². The first-order valence-electron chi connectivity index (χ1n) is 4.48. The number of benzene rings is 1. The van der Waals surface area contributed by atoms with Crippen LogP contribution in [0.5, 0.6) is 5.75 Å². The molecule has 0 fully saturated rings. The molecule has 0 radical (unpaired) electrons. The molecular formula is C10H15N3O. The monoisotopic (exact) mass is 193 g/mol. The molecule has 0 aromatic heterocycles. The summed E-state index contributed by atoms with van der Waals surface area (Å²) in [6, 6.07) is 7.56. The molecule has 76 valence electrons. The zero-order valence-corrected chi connectivity index (χ0v) is 8.45. The lowest BCUT2D eigenvalue weighted by Gasteiger charge is -2.09. The maximum Gasteiger partial charge on any atom is 0.193 e. The molecule has 1 aromatic carbocycles. The van der Waals surface area contributed by atoms with Crippen LogP contribution in [-0.2, 0) is 0 Å². The smallest absolute Gasteiger partial charge is 0.193 e. The van der Waals surface area contributed by atoms with E-state index in [1.54, 1.807) is 7.11 Å². The molecule has 0 unspecified atom stereocenters. The SMILES string of the molecule is CCN=C(N)Nc1ccccc1OC. The maximum atomic E-state index is 5.62. The minimum Gasteiger partial charge on any atom is -0.495 e. The van der Waals surface area contributed by atoms with E-state index in [4.69, 9.17) is 10.5 Å². The highest BCUT2D eigenvalue weighted by Gasteiger charge is 2.00. The first-order valence-corrected chi connectivity index (χ1v) is 4.48. The Morgan fingerprint density at radius 2 is 2.21 bits per heavy atom. The van der Waals surface area contributed by atoms with Crippen molar-refractivity contribution >= 4 is 11.6 Å². The molecule has 0 atom stereocenters. The number of hydrogen-bond acceptors (Lipinski definition) is 2. The zero-order valence-electron chi connectivity index (χ0n) is 8.45. The fraction of sp³-hybridized carbons (Fsp3) is 0.300. The van der Waals surface area contributed by atoms with Gasteiger partial charge in [-0.2, -0.15) is 0 Å². The molecule has 0 heterocycles. The van der Waals surface area contributed by atoms with Crippen LogP contribution in [0.25, 0.3) is 0 Å². The van der Waals surface area contributed by atoms with Gasteiger partial charge in [-0.3, -0.25) is 4.99 Å². The molecule has 0 spiro atoms. The standard InChI is InChI=1S/C10H15N3O/c1-3-12-10(11)13-8-6-4-5-7-9(8)14-2/h4-7H,3H2,1-2H3,(H3,11,12,13). The summed E-state index contributed by atoms with van der Waals surface area (Å²) < 4.78 is 5.15. The van der Waals surface area contributed by atoms with Crippen molar-refractivity contribution < 1.29 is 4.74 Å². The molecule has 0 saturated heterocycles. The summed E-state index contributed by atoms with van der Waals surface area (Å²) in [5.41, 5.74) is 6.45. The van der Waals surface area contributed by atoms with E-state index >= 15 is 0 Å². The van der Waals surface area contributed by atoms with Crippen molar-refractivity contribution in [3.8, 4) is 5.75 Å². The summed E-state index contributed by atoms with van der Waals surface area (Å²) in [6.45, 7) is 2.59. The van der Waals surface area contributed by atoms with Gasteiger partial charge < -0.3 is 15.8 Å². The fourth-order valence-corrected chi connectivity index (χ4v) is 1.10. The van der Waals surface area contributed by atoms with Gasteiger partial charge in [0, 0.05) is 6.54 Å². The normalized spacial score (nSPS) is 11.1. The molecular weight excluding hydrogens is 178 g/mol. The first kappa shape index (κ1) is 10.4. The highest BCUT2D eigenvalue weighted by molar-refractivity contribution is 5.93. The number of guanidine groups is 1. The Morgan fingerprint density at radius 1 is 1.50 bits per heavy atom. The highest BCUT2D eigenvalue weighted by Crippen LogP contribution is 2.22. The van der Waals surface area contributed by atoms with Crippen LogP contribution in [0, 0.1) is 0 Å². The number of ether oxygens (including phenoxy) is 1. The lowest BCUT2D eigenvalue weighted by molar-refractivity contribution is 0.417. The average molecular weight is 193 g/mol. The Morgan fingerprint density at radius 3 is 2.86 bits per heavy atom. The molecule has 3 N–H and O–H groups in total. The number of para-hydroxylation sites is 2. The highest BCUT2D eigenvalue weighted by atomic mass is 16.5. The Bertz CT molecular complexity index is 323. The molecule has 0 bridgehead atoms. The molecule has 4 heteroatoms. The maximum absolute atomic E-state index is 5.62. The third kappa shape index (κ3) is 2.65. The van der Waals surface area contributed by atoms with Gasteiger partial charge in [0.2, 0.25) is 0 Å². The second kappa shape index (κ2) is 5.11. The Labute approximate surface area is 83.8 Å². The van der Waals surface area contributed by atoms with Gasteiger partial charge in [0.25, 0.3) is 0 Å². The van der Waals surface area contributed by atoms with Crippen LogP contribution in [0.4, 0.5) is 5.69 Å². The average Bonchev–Trinajstić information content (AvgIpc) is 2.19. The summed E-state index contributed by atoms with van der Waals surface area (Å²) in [4.78, 5) is 4.02. The molecule has 4 nitrogen and oxygen atoms in total. The van der Waals surface area contributed by atoms with E-state index in [1.165, 1.54) is 0 Å². The molecule has 0 saturated carbocycles. The van der Waals surface area contributed by atoms with Gasteiger partial charge in [0.05, 0.1) is 12.8 Å². The first-order chi connectivity index (χ1) is 6.77. The molecule has 1 rings (SSSR count). The molecule has 0 aliphatic rings. The topological polar surface area (TPSA) is 59.6 Å². The van der Waals surface area contributed by atoms with Gasteiger partial charge in [-0.05, 0) is 19.1 Å². The predicted molar refractivity (Wildman–Crippen MR) is 58.8 cm³/mol. The van der Waals surface area contributed by atoms with Gasteiger partial charge in [0.1, 0.15) is 5.75 Å².